The van der Waals surface area contributed by atoms with Gasteiger partial charge in [-0.2, -0.15) is 10.1 Å². The molecule has 0 aliphatic carbocycles. The van der Waals surface area contributed by atoms with Gasteiger partial charge in [0.2, 0.25) is 0 Å². The number of fused-ring (bicyclic) bond motifs is 1. The molecule has 0 radical (unpaired) electrons. The third-order valence-electron chi connectivity index (χ3n) is 4.28. The predicted molar refractivity (Wildman–Crippen MR) is 100 cm³/mol. The molecule has 1 N–H and O–H groups in total. The molecule has 10 heteroatoms. The summed E-state index contributed by atoms with van der Waals surface area (Å²) in [5, 5.41) is 6.22. The van der Waals surface area contributed by atoms with Gasteiger partial charge >= 0.3 is 5.97 Å². The van der Waals surface area contributed by atoms with Gasteiger partial charge in [0.25, 0.3) is 17.6 Å². The number of carbonyl (C=O) groups is 3. The van der Waals surface area contributed by atoms with Gasteiger partial charge in [0.1, 0.15) is 12.1 Å². The first-order valence-corrected chi connectivity index (χ1v) is 8.69. The molecule has 0 bridgehead atoms. The summed E-state index contributed by atoms with van der Waals surface area (Å²) < 4.78 is 11.6. The fourth-order valence-corrected chi connectivity index (χ4v) is 2.81. The van der Waals surface area contributed by atoms with Crippen LogP contribution in [0.5, 0.6) is 5.75 Å². The van der Waals surface area contributed by atoms with Gasteiger partial charge in [-0.25, -0.2) is 9.50 Å². The van der Waals surface area contributed by atoms with E-state index in [4.69, 9.17) is 9.47 Å². The van der Waals surface area contributed by atoms with E-state index in [2.05, 4.69) is 20.4 Å². The van der Waals surface area contributed by atoms with Crippen molar-refractivity contribution < 1.29 is 23.9 Å². The third-order valence-corrected chi connectivity index (χ3v) is 4.28. The van der Waals surface area contributed by atoms with Gasteiger partial charge in [-0.1, -0.05) is 12.1 Å². The molecule has 29 heavy (non-hydrogen) atoms. The standard InChI is InChI=1S/C19H19N5O5/c1-11-14(12(2)24-19(22-11)20-10-21-24)8-17(26)29-9-16(25)23-18(27)13-6-4-5-7-15(13)28-3/h4-7,10H,8-9H2,1-3H3,(H,23,25,27). The summed E-state index contributed by atoms with van der Waals surface area (Å²) in [7, 11) is 1.42. The van der Waals surface area contributed by atoms with Crippen molar-refractivity contribution in [2.75, 3.05) is 13.7 Å². The topological polar surface area (TPSA) is 125 Å². The largest absolute Gasteiger partial charge is 0.496 e. The van der Waals surface area contributed by atoms with E-state index in [0.29, 0.717) is 28.5 Å². The molecule has 0 aliphatic rings. The van der Waals surface area contributed by atoms with Crippen LogP contribution in [-0.4, -0.2) is 51.1 Å². The van der Waals surface area contributed by atoms with Gasteiger partial charge < -0.3 is 9.47 Å². The van der Waals surface area contributed by atoms with Crippen molar-refractivity contribution in [2.24, 2.45) is 0 Å². The molecule has 2 aromatic heterocycles. The average molecular weight is 397 g/mol. The molecule has 3 aromatic rings. The Morgan fingerprint density at radius 2 is 1.93 bits per heavy atom. The number of methoxy groups -OCH3 is 1. The smallest absolute Gasteiger partial charge is 0.310 e. The number of nitrogens with zero attached hydrogens (tertiary/aromatic N) is 4. The lowest BCUT2D eigenvalue weighted by Gasteiger charge is -2.11. The van der Waals surface area contributed by atoms with Crippen LogP contribution in [0.1, 0.15) is 27.3 Å². The van der Waals surface area contributed by atoms with Gasteiger partial charge in [0.15, 0.2) is 6.61 Å². The van der Waals surface area contributed by atoms with Crippen molar-refractivity contribution in [2.45, 2.75) is 20.3 Å². The van der Waals surface area contributed by atoms with Crippen molar-refractivity contribution in [3.63, 3.8) is 0 Å². The van der Waals surface area contributed by atoms with Gasteiger partial charge in [-0.05, 0) is 26.0 Å². The zero-order valence-corrected chi connectivity index (χ0v) is 16.1. The summed E-state index contributed by atoms with van der Waals surface area (Å²) in [5.74, 6) is -1.25. The molecule has 1 aromatic carbocycles. The molecule has 0 atom stereocenters. The van der Waals surface area contributed by atoms with Crippen LogP contribution < -0.4 is 10.1 Å². The molecule has 0 saturated heterocycles. The molecular weight excluding hydrogens is 378 g/mol. The molecule has 150 valence electrons. The van der Waals surface area contributed by atoms with Crippen molar-refractivity contribution >= 4 is 23.6 Å². The molecular formula is C19H19N5O5. The molecule has 2 amide bonds. The van der Waals surface area contributed by atoms with Crippen LogP contribution in [0.4, 0.5) is 0 Å². The van der Waals surface area contributed by atoms with E-state index < -0.39 is 24.4 Å². The number of hydrogen-bond donors (Lipinski definition) is 1. The Morgan fingerprint density at radius 1 is 1.17 bits per heavy atom. The number of carbonyl (C=O) groups excluding carboxylic acids is 3. The fourth-order valence-electron chi connectivity index (χ4n) is 2.81. The maximum Gasteiger partial charge on any atom is 0.310 e. The number of imide groups is 1. The zero-order chi connectivity index (χ0) is 21.0. The van der Waals surface area contributed by atoms with E-state index in [-0.39, 0.29) is 12.0 Å². The number of aromatic nitrogens is 4. The zero-order valence-electron chi connectivity index (χ0n) is 16.1. The highest BCUT2D eigenvalue weighted by molar-refractivity contribution is 6.06. The second kappa shape index (κ2) is 8.46. The Bertz CT molecular complexity index is 1090. The van der Waals surface area contributed by atoms with E-state index in [0.717, 1.165) is 0 Å². The van der Waals surface area contributed by atoms with Crippen LogP contribution in [0.15, 0.2) is 30.6 Å². The van der Waals surface area contributed by atoms with Crippen LogP contribution in [0.3, 0.4) is 0 Å². The van der Waals surface area contributed by atoms with Gasteiger partial charge in [0, 0.05) is 17.0 Å². The van der Waals surface area contributed by atoms with Gasteiger partial charge in [-0.15, -0.1) is 0 Å². The highest BCUT2D eigenvalue weighted by Crippen LogP contribution is 2.17. The SMILES string of the molecule is COc1ccccc1C(=O)NC(=O)COC(=O)Cc1c(C)nc2ncnn2c1C. The summed E-state index contributed by atoms with van der Waals surface area (Å²) in [6, 6.07) is 6.47. The molecule has 0 fully saturated rings. The van der Waals surface area contributed by atoms with E-state index in [1.807, 2.05) is 0 Å². The van der Waals surface area contributed by atoms with Crippen molar-refractivity contribution in [1.29, 1.82) is 0 Å². The molecule has 0 aliphatic heterocycles. The van der Waals surface area contributed by atoms with Crippen LogP contribution in [0.2, 0.25) is 0 Å². The summed E-state index contributed by atoms with van der Waals surface area (Å²) in [6.07, 6.45) is 1.29. The second-order valence-corrected chi connectivity index (χ2v) is 6.15. The summed E-state index contributed by atoms with van der Waals surface area (Å²) in [5.41, 5.74) is 2.17. The Morgan fingerprint density at radius 3 is 2.69 bits per heavy atom. The Kier molecular flexibility index (Phi) is 5.82. The number of hydrogen-bond acceptors (Lipinski definition) is 8. The summed E-state index contributed by atoms with van der Waals surface area (Å²) >= 11 is 0. The first-order chi connectivity index (χ1) is 13.9. The molecule has 10 nitrogen and oxygen atoms in total. The number of nitrogens with one attached hydrogen (secondary N) is 1. The minimum atomic E-state index is -0.743. The van der Waals surface area contributed by atoms with E-state index in [9.17, 15) is 14.4 Å². The Balaban J connectivity index is 1.58. The quantitative estimate of drug-likeness (QED) is 0.606. The fraction of sp³-hybridized carbons (Fsp3) is 0.263. The Labute approximate surface area is 165 Å². The maximum atomic E-state index is 12.2. The van der Waals surface area contributed by atoms with Crippen LogP contribution in [0.25, 0.3) is 5.78 Å². The Hall–Kier alpha value is -3.82. The number of benzene rings is 1. The maximum absolute atomic E-state index is 12.2. The van der Waals surface area contributed by atoms with E-state index in [1.165, 1.54) is 24.0 Å². The monoisotopic (exact) mass is 397 g/mol. The van der Waals surface area contributed by atoms with Crippen LogP contribution >= 0.6 is 0 Å². The minimum absolute atomic E-state index is 0.0891. The lowest BCUT2D eigenvalue weighted by molar-refractivity contribution is -0.147. The predicted octanol–water partition coefficient (Wildman–Crippen LogP) is 0.792. The average Bonchev–Trinajstić information content (AvgIpc) is 3.18. The highest BCUT2D eigenvalue weighted by atomic mass is 16.5. The normalized spacial score (nSPS) is 10.6. The number of aryl methyl sites for hydroxylation is 2. The summed E-state index contributed by atoms with van der Waals surface area (Å²) in [4.78, 5) is 44.6. The second-order valence-electron chi connectivity index (χ2n) is 6.15. The number of esters is 1. The lowest BCUT2D eigenvalue weighted by atomic mass is 10.1. The third kappa shape index (κ3) is 4.37. The highest BCUT2D eigenvalue weighted by Gasteiger charge is 2.18. The minimum Gasteiger partial charge on any atom is -0.496 e. The van der Waals surface area contributed by atoms with E-state index in [1.54, 1.807) is 32.0 Å². The molecule has 0 saturated carbocycles. The number of para-hydroxylation sites is 1. The van der Waals surface area contributed by atoms with Crippen molar-refractivity contribution in [3.8, 4) is 5.75 Å². The first-order valence-electron chi connectivity index (χ1n) is 8.69. The van der Waals surface area contributed by atoms with Crippen molar-refractivity contribution in [3.05, 3.63) is 53.1 Å². The lowest BCUT2D eigenvalue weighted by Crippen LogP contribution is -2.34. The first kappa shape index (κ1) is 19.9. The van der Waals surface area contributed by atoms with Gasteiger partial charge in [-0.3, -0.25) is 19.7 Å². The molecule has 2 heterocycles. The molecule has 0 spiro atoms. The molecule has 0 unspecified atom stereocenters. The summed E-state index contributed by atoms with van der Waals surface area (Å²) in [6.45, 7) is 2.96. The molecule has 3 rings (SSSR count). The van der Waals surface area contributed by atoms with Gasteiger partial charge in [0.05, 0.1) is 19.1 Å². The van der Waals surface area contributed by atoms with Crippen LogP contribution in [0, 0.1) is 13.8 Å². The number of rotatable bonds is 6. The van der Waals surface area contributed by atoms with E-state index >= 15 is 0 Å². The number of amides is 2. The van der Waals surface area contributed by atoms with Crippen LogP contribution in [-0.2, 0) is 20.7 Å². The van der Waals surface area contributed by atoms with Crippen molar-refractivity contribution in [1.82, 2.24) is 24.9 Å². The number of ether oxygens (including phenoxy) is 2.